The molecule has 3 aliphatic rings. The van der Waals surface area contributed by atoms with Crippen LogP contribution in [0.5, 0.6) is 0 Å². The fourth-order valence-electron chi connectivity index (χ4n) is 4.56. The highest BCUT2D eigenvalue weighted by molar-refractivity contribution is 8.00. The van der Waals surface area contributed by atoms with Crippen LogP contribution in [-0.4, -0.2) is 84.4 Å². The lowest BCUT2D eigenvalue weighted by Crippen LogP contribution is -2.71. The van der Waals surface area contributed by atoms with Crippen molar-refractivity contribution in [2.24, 2.45) is 5.16 Å². The van der Waals surface area contributed by atoms with Crippen molar-refractivity contribution >= 4 is 69.3 Å². The van der Waals surface area contributed by atoms with Crippen LogP contribution in [-0.2, 0) is 19.2 Å². The Labute approximate surface area is 233 Å². The van der Waals surface area contributed by atoms with E-state index >= 15 is 0 Å². The van der Waals surface area contributed by atoms with E-state index in [9.17, 15) is 34.3 Å². The number of carboxylic acids is 2. The first-order chi connectivity index (χ1) is 19.1. The molecule has 5 rings (SSSR count). The molecule has 0 spiro atoms. The number of aromatic carboxylic acids is 1. The van der Waals surface area contributed by atoms with Crippen LogP contribution in [0.2, 0.25) is 0 Å². The summed E-state index contributed by atoms with van der Waals surface area (Å²) in [6.45, 7) is 0.318. The summed E-state index contributed by atoms with van der Waals surface area (Å²) in [4.78, 5) is 68.5. The quantitative estimate of drug-likeness (QED) is 0.100. The molecule has 0 unspecified atom stereocenters. The average molecular weight is 585 g/mol. The molecule has 2 fully saturated rings. The summed E-state index contributed by atoms with van der Waals surface area (Å²) in [7, 11) is 0. The number of hydrogen-bond acceptors (Lipinski definition) is 11. The minimum Gasteiger partial charge on any atom is -0.478 e. The second-order valence-electron chi connectivity index (χ2n) is 8.79. The van der Waals surface area contributed by atoms with E-state index in [1.54, 1.807) is 0 Å². The van der Waals surface area contributed by atoms with Gasteiger partial charge in [-0.25, -0.2) is 14.6 Å². The van der Waals surface area contributed by atoms with Gasteiger partial charge in [0.25, 0.3) is 17.7 Å². The summed E-state index contributed by atoms with van der Waals surface area (Å²) in [5.74, 6) is -4.21. The number of thiazole rings is 1. The van der Waals surface area contributed by atoms with E-state index in [0.717, 1.165) is 16.2 Å². The predicted molar refractivity (Wildman–Crippen MR) is 143 cm³/mol. The Morgan fingerprint density at radius 1 is 1.15 bits per heavy atom. The van der Waals surface area contributed by atoms with Crippen molar-refractivity contribution in [2.45, 2.75) is 17.8 Å². The molecular weight excluding hydrogens is 564 g/mol. The highest BCUT2D eigenvalue weighted by Crippen LogP contribution is 2.41. The van der Waals surface area contributed by atoms with Crippen LogP contribution in [0, 0.1) is 0 Å². The van der Waals surface area contributed by atoms with E-state index in [1.807, 2.05) is 0 Å². The monoisotopic (exact) mass is 584 g/mol. The van der Waals surface area contributed by atoms with Crippen LogP contribution in [0.4, 0.5) is 10.8 Å². The van der Waals surface area contributed by atoms with Gasteiger partial charge in [-0.15, -0.1) is 23.1 Å². The summed E-state index contributed by atoms with van der Waals surface area (Å²) in [6, 6.07) is 4.75. The van der Waals surface area contributed by atoms with Crippen molar-refractivity contribution < 1.29 is 39.4 Å². The SMILES string of the molecule is Nc1nc(C(=NO)C(=O)N[C@@H]2C(=O)N3C(C(=O)O)=C(C=C4CCN(c5ccc(C(=O)O)cc5)C4=O)CS[C@H]23)cs1. The van der Waals surface area contributed by atoms with Gasteiger partial charge < -0.3 is 31.4 Å². The molecule has 0 aliphatic carbocycles. The number of nitrogens with one attached hydrogen (secondary N) is 1. The van der Waals surface area contributed by atoms with Crippen LogP contribution >= 0.6 is 23.1 Å². The molecule has 3 aliphatic heterocycles. The van der Waals surface area contributed by atoms with Gasteiger partial charge in [-0.3, -0.25) is 19.3 Å². The molecule has 2 aromatic rings. The molecule has 14 nitrogen and oxygen atoms in total. The number of allylic oxidation sites excluding steroid dienone is 1. The summed E-state index contributed by atoms with van der Waals surface area (Å²) >= 11 is 2.24. The van der Waals surface area contributed by atoms with Gasteiger partial charge in [0, 0.05) is 28.9 Å². The standard InChI is InChI=1S/C24H20N6O8S2/c25-24-26-14(9-40-24)15(28-38)18(31)27-16-20(33)30-17(23(36)37)12(8-39-21(16)30)7-11-5-6-29(19(11)32)13-3-1-10(2-4-13)22(34)35/h1-4,7,9,16,21,38H,5-6,8H2,(H2,25,26)(H,27,31)(H,34,35)(H,36,37)/t16-,21-/m1/s1. The van der Waals surface area contributed by atoms with E-state index in [4.69, 9.17) is 10.8 Å². The third-order valence-electron chi connectivity index (χ3n) is 6.47. The average Bonchev–Trinajstić information content (AvgIpc) is 3.52. The predicted octanol–water partition coefficient (Wildman–Crippen LogP) is 0.704. The number of β-lactam (4-membered cyclic amide) rings is 1. The number of rotatable bonds is 7. The molecule has 0 saturated carbocycles. The number of oxime groups is 1. The Morgan fingerprint density at radius 2 is 1.88 bits per heavy atom. The third kappa shape index (κ3) is 4.66. The lowest BCUT2D eigenvalue weighted by Gasteiger charge is -2.49. The van der Waals surface area contributed by atoms with Gasteiger partial charge in [0.15, 0.2) is 10.8 Å². The van der Waals surface area contributed by atoms with Crippen molar-refractivity contribution in [3.8, 4) is 0 Å². The van der Waals surface area contributed by atoms with Crippen molar-refractivity contribution in [3.63, 3.8) is 0 Å². The number of aromatic nitrogens is 1. The Bertz CT molecular complexity index is 1550. The molecule has 0 bridgehead atoms. The van der Waals surface area contributed by atoms with Gasteiger partial charge >= 0.3 is 11.9 Å². The number of hydrogen-bond donors (Lipinski definition) is 5. The maximum absolute atomic E-state index is 13.1. The number of carbonyl (C=O) groups is 5. The van der Waals surface area contributed by atoms with E-state index in [2.05, 4.69) is 15.5 Å². The Kier molecular flexibility index (Phi) is 7.03. The summed E-state index contributed by atoms with van der Waals surface area (Å²) < 4.78 is 0. The zero-order valence-corrected chi connectivity index (χ0v) is 21.9. The van der Waals surface area contributed by atoms with Crippen molar-refractivity contribution in [3.05, 3.63) is 63.8 Å². The molecule has 16 heteroatoms. The molecule has 3 amide bonds. The van der Waals surface area contributed by atoms with Gasteiger partial charge in [0.1, 0.15) is 22.8 Å². The number of aliphatic carboxylic acids is 1. The maximum atomic E-state index is 13.1. The number of carbonyl (C=O) groups excluding carboxylic acids is 3. The highest BCUT2D eigenvalue weighted by Gasteiger charge is 2.54. The smallest absolute Gasteiger partial charge is 0.352 e. The molecule has 4 heterocycles. The Hall–Kier alpha value is -4.70. The van der Waals surface area contributed by atoms with Crippen molar-refractivity contribution in [2.75, 3.05) is 22.9 Å². The number of amides is 3. The van der Waals surface area contributed by atoms with Crippen molar-refractivity contribution in [1.29, 1.82) is 0 Å². The molecule has 40 heavy (non-hydrogen) atoms. The number of nitrogens with two attached hydrogens (primary N) is 1. The van der Waals surface area contributed by atoms with Crippen LogP contribution in [0.1, 0.15) is 22.5 Å². The van der Waals surface area contributed by atoms with Gasteiger partial charge in [0.05, 0.1) is 5.56 Å². The summed E-state index contributed by atoms with van der Waals surface area (Å²) in [5, 5.41) is 34.6. The van der Waals surface area contributed by atoms with E-state index in [0.29, 0.717) is 24.2 Å². The molecule has 2 saturated heterocycles. The van der Waals surface area contributed by atoms with E-state index in [-0.39, 0.29) is 39.3 Å². The fraction of sp³-hybridized carbons (Fsp3) is 0.208. The fourth-order valence-corrected chi connectivity index (χ4v) is 6.41. The first-order valence-corrected chi connectivity index (χ1v) is 13.5. The van der Waals surface area contributed by atoms with Crippen LogP contribution in [0.3, 0.4) is 0 Å². The number of benzene rings is 1. The number of nitrogens with zero attached hydrogens (tertiary/aromatic N) is 4. The lowest BCUT2D eigenvalue weighted by molar-refractivity contribution is -0.150. The second-order valence-corrected chi connectivity index (χ2v) is 10.8. The summed E-state index contributed by atoms with van der Waals surface area (Å²) in [6.07, 6.45) is 1.80. The van der Waals surface area contributed by atoms with Crippen molar-refractivity contribution in [1.82, 2.24) is 15.2 Å². The maximum Gasteiger partial charge on any atom is 0.352 e. The number of fused-ring (bicyclic) bond motifs is 1. The first kappa shape index (κ1) is 26.9. The largest absolute Gasteiger partial charge is 0.478 e. The molecule has 2 atom stereocenters. The highest BCUT2D eigenvalue weighted by atomic mass is 32.2. The van der Waals surface area contributed by atoms with Crippen LogP contribution in [0.25, 0.3) is 0 Å². The molecule has 0 radical (unpaired) electrons. The number of carboxylic acid groups (broad SMARTS) is 2. The zero-order chi connectivity index (χ0) is 28.7. The second kappa shape index (κ2) is 10.5. The van der Waals surface area contributed by atoms with Crippen LogP contribution < -0.4 is 16.0 Å². The normalized spacial score (nSPS) is 21.9. The van der Waals surface area contributed by atoms with E-state index < -0.39 is 40.9 Å². The molecule has 206 valence electrons. The Balaban J connectivity index is 1.34. The van der Waals surface area contributed by atoms with Crippen LogP contribution in [0.15, 0.2) is 57.7 Å². The lowest BCUT2D eigenvalue weighted by atomic mass is 10.0. The Morgan fingerprint density at radius 3 is 2.48 bits per heavy atom. The van der Waals surface area contributed by atoms with E-state index in [1.165, 1.54) is 52.4 Å². The molecule has 1 aromatic carbocycles. The molecular formula is C24H20N6O8S2. The number of thioether (sulfide) groups is 1. The number of nitrogen functional groups attached to an aromatic ring is 1. The van der Waals surface area contributed by atoms with Gasteiger partial charge in [-0.1, -0.05) is 5.16 Å². The topological polar surface area (TPSA) is 216 Å². The third-order valence-corrected chi connectivity index (χ3v) is 8.44. The molecule has 1 aromatic heterocycles. The zero-order valence-electron chi connectivity index (χ0n) is 20.3. The minimum absolute atomic E-state index is 0.0237. The minimum atomic E-state index is -1.36. The first-order valence-electron chi connectivity index (χ1n) is 11.6. The molecule has 6 N–H and O–H groups in total. The van der Waals surface area contributed by atoms with Gasteiger partial charge in [0.2, 0.25) is 0 Å². The van der Waals surface area contributed by atoms with Gasteiger partial charge in [-0.2, -0.15) is 0 Å². The van der Waals surface area contributed by atoms with Gasteiger partial charge in [-0.05, 0) is 42.3 Å². The number of anilines is 2. The summed E-state index contributed by atoms with van der Waals surface area (Å²) in [5.41, 5.74) is 6.06.